The minimum atomic E-state index is -2.06. The van der Waals surface area contributed by atoms with Gasteiger partial charge in [-0.2, -0.15) is 0 Å². The molecule has 1 fully saturated rings. The molecule has 6 nitrogen and oxygen atoms in total. The van der Waals surface area contributed by atoms with Crippen molar-refractivity contribution in [3.8, 4) is 0 Å². The molecule has 2 N–H and O–H groups in total. The van der Waals surface area contributed by atoms with E-state index < -0.39 is 28.5 Å². The third-order valence-electron chi connectivity index (χ3n) is 10.6. The molecule has 0 bridgehead atoms. The molecule has 1 heterocycles. The number of aliphatic hydroxyl groups excluding tert-OH is 2. The molecule has 0 aromatic rings. The second-order valence-corrected chi connectivity index (χ2v) is 26.3. The van der Waals surface area contributed by atoms with Crippen LogP contribution < -0.4 is 0 Å². The summed E-state index contributed by atoms with van der Waals surface area (Å²) in [7, 11) is -3.87. The zero-order valence-corrected chi connectivity index (χ0v) is 31.9. The van der Waals surface area contributed by atoms with Gasteiger partial charge in [0, 0.05) is 25.0 Å². The number of ether oxygens (including phenoxy) is 2. The summed E-state index contributed by atoms with van der Waals surface area (Å²) in [5.74, 6) is -0.0656. The van der Waals surface area contributed by atoms with Crippen LogP contribution in [0.2, 0.25) is 36.3 Å². The van der Waals surface area contributed by atoms with Crippen molar-refractivity contribution in [1.29, 1.82) is 0 Å². The van der Waals surface area contributed by atoms with Gasteiger partial charge in [0.25, 0.3) is 0 Å². The van der Waals surface area contributed by atoms with Gasteiger partial charge >= 0.3 is 0 Å². The molecule has 0 spiro atoms. The number of aliphatic hydroxyl groups is 2. The molecular formula is C33H70O6Si2. The fraction of sp³-hybridized carbons (Fsp3) is 1.00. The highest BCUT2D eigenvalue weighted by Crippen LogP contribution is 2.42. The number of rotatable bonds is 15. The Morgan fingerprint density at radius 2 is 1.39 bits per heavy atom. The second kappa shape index (κ2) is 15.0. The molecule has 8 atom stereocenters. The van der Waals surface area contributed by atoms with Crippen molar-refractivity contribution in [3.63, 3.8) is 0 Å². The van der Waals surface area contributed by atoms with Crippen LogP contribution in [0, 0.1) is 23.7 Å². The van der Waals surface area contributed by atoms with Gasteiger partial charge in [-0.25, -0.2) is 0 Å². The van der Waals surface area contributed by atoms with E-state index in [0.717, 1.165) is 19.3 Å². The van der Waals surface area contributed by atoms with E-state index in [1.54, 1.807) is 0 Å². The highest BCUT2D eigenvalue weighted by molar-refractivity contribution is 6.74. The van der Waals surface area contributed by atoms with Gasteiger partial charge in [0.05, 0.1) is 24.4 Å². The first-order chi connectivity index (χ1) is 18.4. The van der Waals surface area contributed by atoms with Crippen LogP contribution in [0.3, 0.4) is 0 Å². The Morgan fingerprint density at radius 1 is 0.854 bits per heavy atom. The average molecular weight is 619 g/mol. The molecule has 41 heavy (non-hydrogen) atoms. The van der Waals surface area contributed by atoms with Crippen LogP contribution in [-0.2, 0) is 18.3 Å². The summed E-state index contributed by atoms with van der Waals surface area (Å²) >= 11 is 0. The first-order valence-electron chi connectivity index (χ1n) is 16.3. The van der Waals surface area contributed by atoms with Crippen LogP contribution in [-0.4, -0.2) is 70.3 Å². The summed E-state index contributed by atoms with van der Waals surface area (Å²) in [6.45, 7) is 36.4. The molecule has 1 saturated heterocycles. The van der Waals surface area contributed by atoms with E-state index in [2.05, 4.69) is 95.4 Å². The van der Waals surface area contributed by atoms with Gasteiger partial charge < -0.3 is 28.5 Å². The van der Waals surface area contributed by atoms with E-state index in [-0.39, 0.29) is 52.7 Å². The summed E-state index contributed by atoms with van der Waals surface area (Å²) in [6.07, 6.45) is 2.79. The molecule has 0 unspecified atom stereocenters. The van der Waals surface area contributed by atoms with E-state index in [1.165, 1.54) is 0 Å². The lowest BCUT2D eigenvalue weighted by Gasteiger charge is -2.47. The van der Waals surface area contributed by atoms with Crippen LogP contribution in [0.5, 0.6) is 0 Å². The minimum absolute atomic E-state index is 0.00538. The van der Waals surface area contributed by atoms with Crippen molar-refractivity contribution >= 4 is 16.6 Å². The SMILES string of the molecule is C[C@H]([C@H](O)[C@H](C)CCO[Si](C)(C)C(C)(C)C)[C@@H](CC[C@H](C)[C@@H]1OC(C)(C)O[C@@H](CCO)[C@H]1C)O[Si](C)(C)C(C)(C)C. The smallest absolute Gasteiger partial charge is 0.192 e. The Morgan fingerprint density at radius 3 is 1.88 bits per heavy atom. The lowest BCUT2D eigenvalue weighted by molar-refractivity contribution is -0.328. The van der Waals surface area contributed by atoms with Gasteiger partial charge in [-0.3, -0.25) is 0 Å². The third kappa shape index (κ3) is 11.2. The molecule has 0 aromatic heterocycles. The standard InChI is InChI=1S/C33H70O6Si2/c1-23(20-22-36-40(13,14)31(5,6)7)29(35)25(3)28(39-41(15,16)32(8,9)10)18-17-24(2)30-26(4)27(19-21-34)37-33(11,12)38-30/h23-30,34-35H,17-22H2,1-16H3/t23-,24+,25+,26-,27+,28-,29-,30+/m1/s1. The third-order valence-corrected chi connectivity index (χ3v) is 19.7. The molecule has 1 aliphatic rings. The largest absolute Gasteiger partial charge is 0.417 e. The molecule has 0 radical (unpaired) electrons. The molecule has 0 aromatic carbocycles. The van der Waals surface area contributed by atoms with Crippen LogP contribution >= 0.6 is 0 Å². The molecule has 0 amide bonds. The van der Waals surface area contributed by atoms with E-state index in [0.29, 0.717) is 18.9 Å². The molecular weight excluding hydrogens is 549 g/mol. The van der Waals surface area contributed by atoms with Crippen LogP contribution in [0.4, 0.5) is 0 Å². The van der Waals surface area contributed by atoms with Crippen LogP contribution in [0.25, 0.3) is 0 Å². The average Bonchev–Trinajstić information content (AvgIpc) is 2.80. The predicted molar refractivity (Wildman–Crippen MR) is 177 cm³/mol. The molecule has 0 saturated carbocycles. The van der Waals surface area contributed by atoms with Crippen LogP contribution in [0.15, 0.2) is 0 Å². The Labute approximate surface area is 256 Å². The van der Waals surface area contributed by atoms with Crippen molar-refractivity contribution in [2.45, 2.75) is 175 Å². The maximum atomic E-state index is 11.6. The van der Waals surface area contributed by atoms with E-state index in [9.17, 15) is 10.2 Å². The zero-order valence-electron chi connectivity index (χ0n) is 29.9. The summed E-state index contributed by atoms with van der Waals surface area (Å²) in [5.41, 5.74) is 0. The number of hydrogen-bond acceptors (Lipinski definition) is 6. The lowest BCUT2D eigenvalue weighted by Crippen LogP contribution is -2.52. The Kier molecular flexibility index (Phi) is 14.3. The summed E-state index contributed by atoms with van der Waals surface area (Å²) < 4.78 is 26.1. The maximum Gasteiger partial charge on any atom is 0.192 e. The fourth-order valence-corrected chi connectivity index (χ4v) is 7.93. The first-order valence-corrected chi connectivity index (χ1v) is 22.1. The van der Waals surface area contributed by atoms with E-state index in [4.69, 9.17) is 18.3 Å². The quantitative estimate of drug-likeness (QED) is 0.180. The van der Waals surface area contributed by atoms with Gasteiger partial charge in [-0.05, 0) is 87.6 Å². The Hall–Kier alpha value is 0.194. The fourth-order valence-electron chi connectivity index (χ4n) is 5.43. The predicted octanol–water partition coefficient (Wildman–Crippen LogP) is 8.38. The van der Waals surface area contributed by atoms with Crippen molar-refractivity contribution in [2.75, 3.05) is 13.2 Å². The van der Waals surface area contributed by atoms with Gasteiger partial charge in [-0.1, -0.05) is 69.2 Å². The van der Waals surface area contributed by atoms with Gasteiger partial charge in [0.15, 0.2) is 22.4 Å². The van der Waals surface area contributed by atoms with E-state index >= 15 is 0 Å². The molecule has 0 aliphatic carbocycles. The van der Waals surface area contributed by atoms with Crippen molar-refractivity contribution in [3.05, 3.63) is 0 Å². The second-order valence-electron chi connectivity index (χ2n) is 16.7. The normalized spacial score (nSPS) is 26.3. The van der Waals surface area contributed by atoms with Gasteiger partial charge in [-0.15, -0.1) is 0 Å². The Balaban J connectivity index is 3.04. The van der Waals surface area contributed by atoms with E-state index in [1.807, 2.05) is 13.8 Å². The number of hydrogen-bond donors (Lipinski definition) is 2. The van der Waals surface area contributed by atoms with Crippen molar-refractivity contribution in [1.82, 2.24) is 0 Å². The van der Waals surface area contributed by atoms with Crippen molar-refractivity contribution in [2.24, 2.45) is 23.7 Å². The highest BCUT2D eigenvalue weighted by Gasteiger charge is 2.45. The van der Waals surface area contributed by atoms with Gasteiger partial charge in [0.1, 0.15) is 0 Å². The topological polar surface area (TPSA) is 77.4 Å². The molecule has 246 valence electrons. The Bertz CT molecular complexity index is 773. The summed E-state index contributed by atoms with van der Waals surface area (Å²) in [6, 6.07) is 0. The lowest BCUT2D eigenvalue weighted by atomic mass is 9.81. The molecule has 1 aliphatic heterocycles. The van der Waals surface area contributed by atoms with Crippen LogP contribution in [0.1, 0.15) is 109 Å². The van der Waals surface area contributed by atoms with Gasteiger partial charge in [0.2, 0.25) is 0 Å². The highest BCUT2D eigenvalue weighted by atomic mass is 28.4. The summed E-state index contributed by atoms with van der Waals surface area (Å²) in [5, 5.41) is 21.5. The maximum absolute atomic E-state index is 11.6. The molecule has 1 rings (SSSR count). The minimum Gasteiger partial charge on any atom is -0.417 e. The van der Waals surface area contributed by atoms with Crippen molar-refractivity contribution < 1.29 is 28.5 Å². The molecule has 8 heteroatoms. The first kappa shape index (κ1) is 39.2. The monoisotopic (exact) mass is 618 g/mol. The zero-order chi connectivity index (χ0) is 32.2. The summed E-state index contributed by atoms with van der Waals surface area (Å²) in [4.78, 5) is 0.